The number of nitrogens with one attached hydrogen (secondary N) is 1. The summed E-state index contributed by atoms with van der Waals surface area (Å²) in [5, 5.41) is 3.18. The summed E-state index contributed by atoms with van der Waals surface area (Å²) in [6.07, 6.45) is 5.04. The van der Waals surface area contributed by atoms with Crippen LogP contribution in [0.3, 0.4) is 0 Å². The van der Waals surface area contributed by atoms with Gasteiger partial charge in [-0.2, -0.15) is 0 Å². The first-order valence-electron chi connectivity index (χ1n) is 7.95. The number of amides is 1. The van der Waals surface area contributed by atoms with Crippen LogP contribution in [-0.4, -0.2) is 18.6 Å². The minimum atomic E-state index is 0.163. The number of hydrogen-bond donors (Lipinski definition) is 2. The van der Waals surface area contributed by atoms with E-state index < -0.39 is 0 Å². The molecular formula is C17H24N2O2. The van der Waals surface area contributed by atoms with Crippen molar-refractivity contribution in [1.29, 1.82) is 0 Å². The van der Waals surface area contributed by atoms with Crippen molar-refractivity contribution in [2.45, 2.75) is 51.2 Å². The van der Waals surface area contributed by atoms with Gasteiger partial charge in [0.25, 0.3) is 0 Å². The molecule has 0 saturated heterocycles. The molecule has 1 saturated carbocycles. The summed E-state index contributed by atoms with van der Waals surface area (Å²) in [6.45, 7) is 2.79. The van der Waals surface area contributed by atoms with Crippen LogP contribution < -0.4 is 11.1 Å². The van der Waals surface area contributed by atoms with E-state index in [9.17, 15) is 4.79 Å². The van der Waals surface area contributed by atoms with Crippen molar-refractivity contribution < 1.29 is 9.53 Å². The van der Waals surface area contributed by atoms with Crippen molar-refractivity contribution in [2.24, 2.45) is 5.92 Å². The molecule has 1 aromatic rings. The highest BCUT2D eigenvalue weighted by Gasteiger charge is 2.32. The van der Waals surface area contributed by atoms with E-state index in [-0.39, 0.29) is 11.9 Å². The fraction of sp³-hybridized carbons (Fsp3) is 0.588. The fourth-order valence-electron chi connectivity index (χ4n) is 3.52. The van der Waals surface area contributed by atoms with Crippen LogP contribution in [0.2, 0.25) is 0 Å². The highest BCUT2D eigenvalue weighted by Crippen LogP contribution is 2.35. The van der Waals surface area contributed by atoms with Crippen LogP contribution in [0.15, 0.2) is 18.2 Å². The zero-order chi connectivity index (χ0) is 14.8. The van der Waals surface area contributed by atoms with Gasteiger partial charge in [-0.25, -0.2) is 0 Å². The molecule has 1 fully saturated rings. The number of rotatable bonds is 5. The maximum Gasteiger partial charge on any atom is 0.220 e. The Morgan fingerprint density at radius 2 is 2.24 bits per heavy atom. The number of nitrogens with two attached hydrogens (primary N) is 1. The summed E-state index contributed by atoms with van der Waals surface area (Å²) in [5.41, 5.74) is 9.12. The fourth-order valence-corrected chi connectivity index (χ4v) is 3.52. The molecular weight excluding hydrogens is 264 g/mol. The summed E-state index contributed by atoms with van der Waals surface area (Å²) in [6, 6.07) is 6.16. The zero-order valence-electron chi connectivity index (χ0n) is 12.6. The largest absolute Gasteiger partial charge is 0.399 e. The first-order chi connectivity index (χ1) is 10.2. The van der Waals surface area contributed by atoms with Crippen LogP contribution in [0, 0.1) is 5.92 Å². The average molecular weight is 288 g/mol. The van der Waals surface area contributed by atoms with Crippen LogP contribution in [0.5, 0.6) is 0 Å². The molecule has 0 heterocycles. The Morgan fingerprint density at radius 3 is 3.00 bits per heavy atom. The van der Waals surface area contributed by atoms with Gasteiger partial charge >= 0.3 is 0 Å². The Morgan fingerprint density at radius 1 is 1.43 bits per heavy atom. The lowest BCUT2D eigenvalue weighted by molar-refractivity contribution is -0.125. The Kier molecular flexibility index (Phi) is 4.15. The van der Waals surface area contributed by atoms with Gasteiger partial charge in [-0.05, 0) is 61.8 Å². The van der Waals surface area contributed by atoms with E-state index in [4.69, 9.17) is 10.5 Å². The van der Waals surface area contributed by atoms with Crippen molar-refractivity contribution in [3.63, 3.8) is 0 Å². The minimum absolute atomic E-state index is 0.163. The Hall–Kier alpha value is -1.55. The van der Waals surface area contributed by atoms with Crippen molar-refractivity contribution in [3.05, 3.63) is 29.3 Å². The van der Waals surface area contributed by atoms with Crippen molar-refractivity contribution in [1.82, 2.24) is 5.32 Å². The molecule has 0 aliphatic heterocycles. The van der Waals surface area contributed by atoms with Gasteiger partial charge in [0.1, 0.15) is 0 Å². The molecule has 0 spiro atoms. The molecule has 0 aromatic heterocycles. The molecule has 3 rings (SSSR count). The summed E-state index contributed by atoms with van der Waals surface area (Å²) in [4.78, 5) is 12.2. The Labute approximate surface area is 126 Å². The third-order valence-corrected chi connectivity index (χ3v) is 4.65. The van der Waals surface area contributed by atoms with Crippen molar-refractivity contribution >= 4 is 11.6 Å². The molecule has 2 aliphatic carbocycles. The Bertz CT molecular complexity index is 524. The van der Waals surface area contributed by atoms with Crippen molar-refractivity contribution in [3.8, 4) is 0 Å². The van der Waals surface area contributed by atoms with Gasteiger partial charge in [0.15, 0.2) is 0 Å². The molecule has 0 radical (unpaired) electrons. The summed E-state index contributed by atoms with van der Waals surface area (Å²) < 4.78 is 5.54. The summed E-state index contributed by atoms with van der Waals surface area (Å²) in [5.74, 6) is 0.665. The molecule has 3 N–H and O–H groups in total. The summed E-state index contributed by atoms with van der Waals surface area (Å²) >= 11 is 0. The molecule has 1 amide bonds. The number of hydrogen-bond acceptors (Lipinski definition) is 3. The van der Waals surface area contributed by atoms with E-state index in [1.54, 1.807) is 0 Å². The molecule has 4 heteroatoms. The van der Waals surface area contributed by atoms with Crippen LogP contribution >= 0.6 is 0 Å². The van der Waals surface area contributed by atoms with Crippen molar-refractivity contribution in [2.75, 3.05) is 12.3 Å². The van der Waals surface area contributed by atoms with E-state index in [1.165, 1.54) is 11.1 Å². The van der Waals surface area contributed by atoms with Gasteiger partial charge in [-0.1, -0.05) is 6.07 Å². The number of ether oxygens (including phenoxy) is 1. The standard InChI is InChI=1S/C17H24N2O2/c1-2-21-14-7-11(8-14)9-17(20)19-16-6-3-12-10-13(18)4-5-15(12)16/h4-5,10-11,14,16H,2-3,6-9,18H2,1H3,(H,19,20). The van der Waals surface area contributed by atoms with Crippen LogP contribution in [0.1, 0.15) is 49.8 Å². The van der Waals surface area contributed by atoms with Gasteiger partial charge in [0.2, 0.25) is 5.91 Å². The first-order valence-corrected chi connectivity index (χ1v) is 7.95. The molecule has 21 heavy (non-hydrogen) atoms. The lowest BCUT2D eigenvalue weighted by Crippen LogP contribution is -2.36. The number of carbonyl (C=O) groups excluding carboxylic acids is 1. The first kappa shape index (κ1) is 14.4. The van der Waals surface area contributed by atoms with Gasteiger partial charge in [0.05, 0.1) is 12.1 Å². The smallest absolute Gasteiger partial charge is 0.220 e. The zero-order valence-corrected chi connectivity index (χ0v) is 12.6. The van der Waals surface area contributed by atoms with Gasteiger partial charge in [-0.15, -0.1) is 0 Å². The third-order valence-electron chi connectivity index (χ3n) is 4.65. The van der Waals surface area contributed by atoms with Crippen LogP contribution in [0.25, 0.3) is 0 Å². The molecule has 2 aliphatic rings. The molecule has 1 aromatic carbocycles. The maximum atomic E-state index is 12.2. The van der Waals surface area contributed by atoms with Gasteiger partial charge in [0, 0.05) is 18.7 Å². The lowest BCUT2D eigenvalue weighted by atomic mass is 9.80. The minimum Gasteiger partial charge on any atom is -0.399 e. The number of nitrogen functional groups attached to an aromatic ring is 1. The van der Waals surface area contributed by atoms with E-state index in [0.717, 1.165) is 38.0 Å². The second kappa shape index (κ2) is 6.06. The molecule has 0 bridgehead atoms. The number of anilines is 1. The quantitative estimate of drug-likeness (QED) is 0.818. The van der Waals surface area contributed by atoms with E-state index in [2.05, 4.69) is 11.4 Å². The maximum absolute atomic E-state index is 12.2. The number of benzene rings is 1. The highest BCUT2D eigenvalue weighted by molar-refractivity contribution is 5.77. The Balaban J connectivity index is 1.49. The molecule has 1 unspecified atom stereocenters. The predicted molar refractivity (Wildman–Crippen MR) is 82.8 cm³/mol. The van der Waals surface area contributed by atoms with E-state index >= 15 is 0 Å². The SMILES string of the molecule is CCOC1CC(CC(=O)NC2CCc3cc(N)ccc32)C1. The summed E-state index contributed by atoms with van der Waals surface area (Å²) in [7, 11) is 0. The second-order valence-electron chi connectivity index (χ2n) is 6.24. The third kappa shape index (κ3) is 3.21. The van der Waals surface area contributed by atoms with Gasteiger partial charge in [-0.3, -0.25) is 4.79 Å². The highest BCUT2D eigenvalue weighted by atomic mass is 16.5. The van der Waals surface area contributed by atoms with Crippen LogP contribution in [-0.2, 0) is 16.0 Å². The number of carbonyl (C=O) groups is 1. The predicted octanol–water partition coefficient (Wildman–Crippen LogP) is 2.58. The number of aryl methyl sites for hydroxylation is 1. The van der Waals surface area contributed by atoms with Crippen LogP contribution in [0.4, 0.5) is 5.69 Å². The monoisotopic (exact) mass is 288 g/mol. The normalized spacial score (nSPS) is 27.0. The molecule has 1 atom stereocenters. The van der Waals surface area contributed by atoms with Gasteiger partial charge < -0.3 is 15.8 Å². The molecule has 4 nitrogen and oxygen atoms in total. The lowest BCUT2D eigenvalue weighted by Gasteiger charge is -2.34. The molecule has 114 valence electrons. The number of fused-ring (bicyclic) bond motifs is 1. The van der Waals surface area contributed by atoms with E-state index in [0.29, 0.717) is 18.4 Å². The second-order valence-corrected chi connectivity index (χ2v) is 6.24. The van der Waals surface area contributed by atoms with E-state index in [1.807, 2.05) is 19.1 Å². The average Bonchev–Trinajstić information content (AvgIpc) is 2.78. The topological polar surface area (TPSA) is 64.3 Å².